The van der Waals surface area contributed by atoms with Crippen LogP contribution in [0.25, 0.3) is 0 Å². The molecule has 0 fully saturated rings. The SMILES string of the molecule is CC(/C=C\C(C)c1cc[c-]cc1)=C/N.[Ru+]. The van der Waals surface area contributed by atoms with Crippen LogP contribution < -0.4 is 5.73 Å². The molecule has 2 heteroatoms. The van der Waals surface area contributed by atoms with E-state index in [9.17, 15) is 0 Å². The van der Waals surface area contributed by atoms with Crippen molar-refractivity contribution >= 4 is 0 Å². The average molecular weight is 287 g/mol. The molecule has 1 nitrogen and oxygen atoms in total. The van der Waals surface area contributed by atoms with E-state index in [4.69, 9.17) is 5.73 Å². The van der Waals surface area contributed by atoms with Crippen LogP contribution in [-0.4, -0.2) is 0 Å². The number of allylic oxidation sites excluding steroid dienone is 3. The van der Waals surface area contributed by atoms with Crippen molar-refractivity contribution in [1.82, 2.24) is 0 Å². The van der Waals surface area contributed by atoms with E-state index in [1.807, 2.05) is 25.1 Å². The van der Waals surface area contributed by atoms with Crippen molar-refractivity contribution in [3.63, 3.8) is 0 Å². The number of rotatable bonds is 3. The van der Waals surface area contributed by atoms with Crippen molar-refractivity contribution in [3.05, 3.63) is 59.8 Å². The first-order chi connectivity index (χ1) is 6.74. The fourth-order valence-electron chi connectivity index (χ4n) is 1.17. The van der Waals surface area contributed by atoms with E-state index in [2.05, 4.69) is 31.2 Å². The molecule has 1 atom stereocenters. The van der Waals surface area contributed by atoms with Gasteiger partial charge in [0.2, 0.25) is 0 Å². The van der Waals surface area contributed by atoms with Gasteiger partial charge in [-0.1, -0.05) is 19.1 Å². The summed E-state index contributed by atoms with van der Waals surface area (Å²) in [6.45, 7) is 4.15. The van der Waals surface area contributed by atoms with E-state index in [1.54, 1.807) is 6.20 Å². The second kappa shape index (κ2) is 7.42. The largest absolute Gasteiger partial charge is 1.00 e. The van der Waals surface area contributed by atoms with Gasteiger partial charge in [-0.2, -0.15) is 35.9 Å². The topological polar surface area (TPSA) is 26.0 Å². The van der Waals surface area contributed by atoms with Crippen LogP contribution in [0.4, 0.5) is 0 Å². The Morgan fingerprint density at radius 3 is 2.53 bits per heavy atom. The maximum atomic E-state index is 5.38. The van der Waals surface area contributed by atoms with E-state index in [-0.39, 0.29) is 19.5 Å². The minimum atomic E-state index is 0. The van der Waals surface area contributed by atoms with E-state index in [0.29, 0.717) is 5.92 Å². The van der Waals surface area contributed by atoms with Gasteiger partial charge in [0, 0.05) is 0 Å². The molecule has 0 aromatic heterocycles. The van der Waals surface area contributed by atoms with Gasteiger partial charge in [0.1, 0.15) is 0 Å². The number of nitrogens with two attached hydrogens (primary N) is 1. The number of benzene rings is 1. The molecular formula is C13H16NRu. The van der Waals surface area contributed by atoms with Crippen molar-refractivity contribution in [2.75, 3.05) is 0 Å². The molecule has 1 unspecified atom stereocenters. The smallest absolute Gasteiger partial charge is 0.404 e. The Morgan fingerprint density at radius 1 is 1.40 bits per heavy atom. The fraction of sp³-hybridized carbons (Fsp3) is 0.231. The molecule has 0 spiro atoms. The molecule has 81 valence electrons. The molecule has 0 aliphatic rings. The minimum absolute atomic E-state index is 0. The monoisotopic (exact) mass is 288 g/mol. The van der Waals surface area contributed by atoms with Crippen molar-refractivity contribution in [1.29, 1.82) is 0 Å². The summed E-state index contributed by atoms with van der Waals surface area (Å²) in [5.74, 6) is 0.416. The van der Waals surface area contributed by atoms with Crippen LogP contribution in [-0.2, 0) is 19.5 Å². The van der Waals surface area contributed by atoms with Gasteiger partial charge < -0.3 is 5.73 Å². The molecule has 1 radical (unpaired) electrons. The van der Waals surface area contributed by atoms with Crippen molar-refractivity contribution in [2.24, 2.45) is 5.73 Å². The zero-order valence-electron chi connectivity index (χ0n) is 9.05. The first-order valence-electron chi connectivity index (χ1n) is 4.76. The molecule has 0 aliphatic carbocycles. The van der Waals surface area contributed by atoms with Gasteiger partial charge in [-0.15, -0.1) is 0 Å². The maximum Gasteiger partial charge on any atom is 1.00 e. The summed E-state index contributed by atoms with van der Waals surface area (Å²) >= 11 is 0. The van der Waals surface area contributed by atoms with E-state index in [0.717, 1.165) is 5.57 Å². The predicted molar refractivity (Wildman–Crippen MR) is 60.8 cm³/mol. The van der Waals surface area contributed by atoms with Gasteiger partial charge in [0.25, 0.3) is 0 Å². The summed E-state index contributed by atoms with van der Waals surface area (Å²) in [7, 11) is 0. The van der Waals surface area contributed by atoms with Gasteiger partial charge in [-0.25, -0.2) is 0 Å². The summed E-state index contributed by atoms with van der Waals surface area (Å²) < 4.78 is 0. The zero-order valence-corrected chi connectivity index (χ0v) is 10.8. The summed E-state index contributed by atoms with van der Waals surface area (Å²) in [4.78, 5) is 0. The van der Waals surface area contributed by atoms with Crippen LogP contribution in [0.3, 0.4) is 0 Å². The van der Waals surface area contributed by atoms with Crippen LogP contribution >= 0.6 is 0 Å². The Labute approximate surface area is 105 Å². The molecule has 0 bridgehead atoms. The van der Waals surface area contributed by atoms with Crippen LogP contribution in [0, 0.1) is 6.07 Å². The Kier molecular flexibility index (Phi) is 6.99. The maximum absolute atomic E-state index is 5.38. The molecule has 1 rings (SSSR count). The standard InChI is InChI=1S/C13H16N.Ru/c1-11(10-14)8-9-12(2)13-6-4-3-5-7-13;/h4-10,12H,14H2,1-2H3;/q-1;+1/b9-8-,11-10-;. The quantitative estimate of drug-likeness (QED) is 0.516. The molecule has 0 saturated heterocycles. The summed E-state index contributed by atoms with van der Waals surface area (Å²) in [6, 6.07) is 11.0. The third-order valence-electron chi connectivity index (χ3n) is 2.18. The molecule has 0 saturated carbocycles. The Bertz CT molecular complexity index is 328. The second-order valence-corrected chi connectivity index (χ2v) is 3.39. The van der Waals surface area contributed by atoms with Gasteiger partial charge in [0.05, 0.1) is 0 Å². The minimum Gasteiger partial charge on any atom is -0.404 e. The number of hydrogen-bond donors (Lipinski definition) is 1. The van der Waals surface area contributed by atoms with E-state index < -0.39 is 0 Å². The van der Waals surface area contributed by atoms with Crippen LogP contribution in [0.15, 0.2) is 48.2 Å². The average Bonchev–Trinajstić information content (AvgIpc) is 2.26. The first-order valence-corrected chi connectivity index (χ1v) is 4.76. The molecule has 0 amide bonds. The van der Waals surface area contributed by atoms with Gasteiger partial charge in [0.15, 0.2) is 0 Å². The zero-order chi connectivity index (χ0) is 10.4. The Hall–Kier alpha value is -0.877. The third kappa shape index (κ3) is 4.94. The van der Waals surface area contributed by atoms with Crippen molar-refractivity contribution in [2.45, 2.75) is 19.8 Å². The Morgan fingerprint density at radius 2 is 2.00 bits per heavy atom. The van der Waals surface area contributed by atoms with E-state index in [1.165, 1.54) is 5.56 Å². The van der Waals surface area contributed by atoms with Crippen molar-refractivity contribution in [3.8, 4) is 0 Å². The Balaban J connectivity index is 0.00000196. The molecule has 2 N–H and O–H groups in total. The first kappa shape index (κ1) is 14.1. The van der Waals surface area contributed by atoms with Crippen LogP contribution in [0.2, 0.25) is 0 Å². The molecule has 1 aromatic carbocycles. The normalized spacial score (nSPS) is 13.6. The van der Waals surface area contributed by atoms with Gasteiger partial charge in [-0.05, 0) is 24.6 Å². The molecule has 15 heavy (non-hydrogen) atoms. The van der Waals surface area contributed by atoms with Crippen LogP contribution in [0.1, 0.15) is 25.3 Å². The van der Waals surface area contributed by atoms with Crippen LogP contribution in [0.5, 0.6) is 0 Å². The molecule has 1 aromatic rings. The summed E-state index contributed by atoms with van der Waals surface area (Å²) in [6.07, 6.45) is 5.80. The summed E-state index contributed by atoms with van der Waals surface area (Å²) in [5.41, 5.74) is 7.76. The molecule has 0 heterocycles. The molecular weight excluding hydrogens is 271 g/mol. The van der Waals surface area contributed by atoms with E-state index >= 15 is 0 Å². The second-order valence-electron chi connectivity index (χ2n) is 3.39. The van der Waals surface area contributed by atoms with Crippen molar-refractivity contribution < 1.29 is 19.5 Å². The van der Waals surface area contributed by atoms with Gasteiger partial charge in [-0.3, -0.25) is 0 Å². The van der Waals surface area contributed by atoms with Gasteiger partial charge >= 0.3 is 19.5 Å². The number of hydrogen-bond acceptors (Lipinski definition) is 1. The molecule has 0 aliphatic heterocycles. The third-order valence-corrected chi connectivity index (χ3v) is 2.18. The predicted octanol–water partition coefficient (Wildman–Crippen LogP) is 3.01. The summed E-state index contributed by atoms with van der Waals surface area (Å²) in [5, 5.41) is 0. The fourth-order valence-corrected chi connectivity index (χ4v) is 1.17.